The van der Waals surface area contributed by atoms with Crippen molar-refractivity contribution in [2.45, 2.75) is 6.61 Å². The third-order valence-electron chi connectivity index (χ3n) is 6.89. The largest absolute Gasteiger partial charge is 0.392 e. The highest BCUT2D eigenvalue weighted by Crippen LogP contribution is 2.30. The first-order valence-electron chi connectivity index (χ1n) is 12.9. The Balaban J connectivity index is 1.40. The summed E-state index contributed by atoms with van der Waals surface area (Å²) in [5.41, 5.74) is 11.2. The van der Waals surface area contributed by atoms with Gasteiger partial charge in [-0.1, -0.05) is 36.4 Å². The van der Waals surface area contributed by atoms with E-state index in [9.17, 15) is 14.3 Å². The van der Waals surface area contributed by atoms with Gasteiger partial charge in [0.1, 0.15) is 6.67 Å². The molecule has 1 fully saturated rings. The van der Waals surface area contributed by atoms with Gasteiger partial charge in [-0.25, -0.2) is 14.4 Å². The number of alkyl halides is 1. The minimum absolute atomic E-state index is 0.136. The third kappa shape index (κ3) is 6.22. The molecule has 1 aliphatic rings. The summed E-state index contributed by atoms with van der Waals surface area (Å²) in [6.07, 6.45) is 4.79. The normalized spacial score (nSPS) is 14.3. The van der Waals surface area contributed by atoms with Crippen molar-refractivity contribution in [3.63, 3.8) is 0 Å². The lowest BCUT2D eigenvalue weighted by molar-refractivity contribution is -0.113. The summed E-state index contributed by atoms with van der Waals surface area (Å²) in [7, 11) is 0. The Morgan fingerprint density at radius 2 is 1.90 bits per heavy atom. The van der Waals surface area contributed by atoms with E-state index in [-0.39, 0.29) is 13.3 Å². The molecule has 3 aromatic carbocycles. The number of piperazine rings is 1. The van der Waals surface area contributed by atoms with Crippen molar-refractivity contribution in [3.05, 3.63) is 84.1 Å². The summed E-state index contributed by atoms with van der Waals surface area (Å²) in [6, 6.07) is 19.6. The Morgan fingerprint density at radius 1 is 1.08 bits per heavy atom. The van der Waals surface area contributed by atoms with Crippen LogP contribution < -0.4 is 16.0 Å². The number of fused-ring (bicyclic) bond motifs is 1. The number of aliphatic hydroxyl groups excluding tert-OH is 1. The summed E-state index contributed by atoms with van der Waals surface area (Å²) >= 11 is 0. The summed E-state index contributed by atoms with van der Waals surface area (Å²) < 4.78 is 12.7. The van der Waals surface area contributed by atoms with Gasteiger partial charge in [0.15, 0.2) is 0 Å². The predicted octanol–water partition coefficient (Wildman–Crippen LogP) is 4.12. The van der Waals surface area contributed by atoms with Crippen LogP contribution in [-0.2, 0) is 11.4 Å². The lowest BCUT2D eigenvalue weighted by atomic mass is 10.0. The van der Waals surface area contributed by atoms with Crippen molar-refractivity contribution in [2.75, 3.05) is 49.6 Å². The first-order valence-corrected chi connectivity index (χ1v) is 12.9. The Kier molecular flexibility index (Phi) is 8.10. The number of primary amides is 1. The standard InChI is InChI=1S/C30H31FN6O2/c31-11-12-36-13-15-37(16-14-36)25-8-9-27(24(18-25)20-38)34-30-33-19-23-5-2-6-26(29(23)35-30)22-4-1-3-21(17-22)7-10-28(32)39/h1-10,17-19,38H,11-16,20H2,(H2,32,39)(H,33,34,35). The maximum absolute atomic E-state index is 12.7. The number of aromatic nitrogens is 2. The number of nitrogens with one attached hydrogen (secondary N) is 1. The van der Waals surface area contributed by atoms with Gasteiger partial charge in [-0.15, -0.1) is 0 Å². The quantitative estimate of drug-likeness (QED) is 0.282. The van der Waals surface area contributed by atoms with Crippen LogP contribution in [0.4, 0.5) is 21.7 Å². The van der Waals surface area contributed by atoms with Crippen LogP contribution in [0.3, 0.4) is 0 Å². The molecule has 1 aromatic heterocycles. The van der Waals surface area contributed by atoms with Crippen LogP contribution in [0.2, 0.25) is 0 Å². The number of carbonyl (C=O) groups excluding carboxylic acids is 1. The van der Waals surface area contributed by atoms with E-state index >= 15 is 0 Å². The highest BCUT2D eigenvalue weighted by molar-refractivity contribution is 5.95. The number of aliphatic hydroxyl groups is 1. The second-order valence-corrected chi connectivity index (χ2v) is 9.44. The number of hydrogen-bond acceptors (Lipinski definition) is 7. The molecule has 0 bridgehead atoms. The van der Waals surface area contributed by atoms with Crippen LogP contribution in [-0.4, -0.2) is 65.3 Å². The minimum Gasteiger partial charge on any atom is -0.392 e. The molecule has 0 aliphatic carbocycles. The van der Waals surface area contributed by atoms with Gasteiger partial charge in [-0.05, 0) is 41.5 Å². The van der Waals surface area contributed by atoms with E-state index in [2.05, 4.69) is 20.1 Å². The summed E-state index contributed by atoms with van der Waals surface area (Å²) in [5, 5.41) is 14.3. The van der Waals surface area contributed by atoms with Gasteiger partial charge in [0.05, 0.1) is 12.1 Å². The molecule has 1 amide bonds. The zero-order valence-electron chi connectivity index (χ0n) is 21.6. The van der Waals surface area contributed by atoms with Gasteiger partial charge in [0.25, 0.3) is 0 Å². The highest BCUT2D eigenvalue weighted by Gasteiger charge is 2.18. The van der Waals surface area contributed by atoms with Crippen molar-refractivity contribution in [1.29, 1.82) is 0 Å². The van der Waals surface area contributed by atoms with Crippen molar-refractivity contribution in [3.8, 4) is 11.1 Å². The SMILES string of the molecule is NC(=O)C=Cc1cccc(-c2cccc3cnc(Nc4ccc(N5CCN(CCF)CC5)cc4CO)nc23)c1. The van der Waals surface area contributed by atoms with E-state index < -0.39 is 5.91 Å². The van der Waals surface area contributed by atoms with E-state index in [1.807, 2.05) is 60.7 Å². The molecule has 0 spiro atoms. The van der Waals surface area contributed by atoms with Crippen LogP contribution in [0, 0.1) is 0 Å². The van der Waals surface area contributed by atoms with E-state index in [4.69, 9.17) is 10.7 Å². The Labute approximate surface area is 226 Å². The predicted molar refractivity (Wildman–Crippen MR) is 153 cm³/mol. The Hall–Kier alpha value is -4.34. The summed E-state index contributed by atoms with van der Waals surface area (Å²) in [5.74, 6) is -0.0810. The number of anilines is 3. The monoisotopic (exact) mass is 526 g/mol. The number of halogens is 1. The molecule has 0 atom stereocenters. The van der Waals surface area contributed by atoms with Crippen LogP contribution in [0.25, 0.3) is 28.1 Å². The van der Waals surface area contributed by atoms with Gasteiger partial charge >= 0.3 is 0 Å². The fraction of sp³-hybridized carbons (Fsp3) is 0.233. The molecule has 2 heterocycles. The molecule has 0 unspecified atom stereocenters. The second kappa shape index (κ2) is 12.0. The summed E-state index contributed by atoms with van der Waals surface area (Å²) in [6.45, 7) is 3.27. The van der Waals surface area contributed by atoms with Crippen LogP contribution >= 0.6 is 0 Å². The fourth-order valence-corrected chi connectivity index (χ4v) is 4.84. The minimum atomic E-state index is -0.500. The molecule has 0 radical (unpaired) electrons. The number of para-hydroxylation sites is 1. The van der Waals surface area contributed by atoms with Crippen molar-refractivity contribution >= 4 is 40.2 Å². The molecule has 8 nitrogen and oxygen atoms in total. The van der Waals surface area contributed by atoms with Gasteiger partial charge in [0.2, 0.25) is 11.9 Å². The lowest BCUT2D eigenvalue weighted by Gasteiger charge is -2.36. The molecule has 1 aliphatic heterocycles. The number of nitrogens with two attached hydrogens (primary N) is 1. The van der Waals surface area contributed by atoms with Crippen molar-refractivity contribution in [1.82, 2.24) is 14.9 Å². The van der Waals surface area contributed by atoms with E-state index in [1.54, 1.807) is 12.3 Å². The van der Waals surface area contributed by atoms with Crippen LogP contribution in [0.5, 0.6) is 0 Å². The zero-order valence-corrected chi connectivity index (χ0v) is 21.6. The number of amides is 1. The third-order valence-corrected chi connectivity index (χ3v) is 6.89. The highest BCUT2D eigenvalue weighted by atomic mass is 19.1. The van der Waals surface area contributed by atoms with Gasteiger partial charge in [-0.3, -0.25) is 9.69 Å². The molecular formula is C30H31FN6O2. The van der Waals surface area contributed by atoms with Gasteiger partial charge in [-0.2, -0.15) is 0 Å². The lowest BCUT2D eigenvalue weighted by Crippen LogP contribution is -2.47. The fourth-order valence-electron chi connectivity index (χ4n) is 4.84. The van der Waals surface area contributed by atoms with Crippen LogP contribution in [0.1, 0.15) is 11.1 Å². The van der Waals surface area contributed by atoms with Gasteiger partial charge in [0, 0.05) is 72.9 Å². The van der Waals surface area contributed by atoms with Crippen molar-refractivity contribution in [2.24, 2.45) is 5.73 Å². The number of hydrogen-bond donors (Lipinski definition) is 3. The molecule has 39 heavy (non-hydrogen) atoms. The smallest absolute Gasteiger partial charge is 0.241 e. The first kappa shape index (κ1) is 26.3. The van der Waals surface area contributed by atoms with Crippen molar-refractivity contribution < 1.29 is 14.3 Å². The maximum Gasteiger partial charge on any atom is 0.241 e. The molecule has 4 N–H and O–H groups in total. The topological polar surface area (TPSA) is 108 Å². The number of nitrogens with zero attached hydrogens (tertiary/aromatic N) is 4. The van der Waals surface area contributed by atoms with E-state index in [0.29, 0.717) is 12.5 Å². The average Bonchev–Trinajstić information content (AvgIpc) is 2.97. The summed E-state index contributed by atoms with van der Waals surface area (Å²) in [4.78, 5) is 24.9. The average molecular weight is 527 g/mol. The van der Waals surface area contributed by atoms with E-state index in [1.165, 1.54) is 6.08 Å². The molecule has 200 valence electrons. The molecule has 0 saturated carbocycles. The maximum atomic E-state index is 12.7. The van der Waals surface area contributed by atoms with Crippen LogP contribution in [0.15, 0.2) is 72.9 Å². The molecule has 5 rings (SSSR count). The number of carbonyl (C=O) groups is 1. The second-order valence-electron chi connectivity index (χ2n) is 9.44. The molecule has 4 aromatic rings. The number of rotatable bonds is 9. The molecular weight excluding hydrogens is 495 g/mol. The molecule has 9 heteroatoms. The zero-order chi connectivity index (χ0) is 27.2. The van der Waals surface area contributed by atoms with Gasteiger partial charge < -0.3 is 21.1 Å². The number of benzene rings is 3. The Morgan fingerprint density at radius 3 is 2.67 bits per heavy atom. The van der Waals surface area contributed by atoms with E-state index in [0.717, 1.165) is 70.7 Å². The Bertz CT molecular complexity index is 1500. The first-order chi connectivity index (χ1) is 19.0. The molecule has 1 saturated heterocycles.